The lowest BCUT2D eigenvalue weighted by molar-refractivity contribution is 1.20. The van der Waals surface area contributed by atoms with Crippen LogP contribution in [0.2, 0.25) is 0 Å². The van der Waals surface area contributed by atoms with Crippen molar-refractivity contribution in [1.29, 1.82) is 0 Å². The van der Waals surface area contributed by atoms with Crippen LogP contribution in [0.3, 0.4) is 0 Å². The zero-order chi connectivity index (χ0) is 28.8. The molecule has 3 nitrogen and oxygen atoms in total. The zero-order valence-electron chi connectivity index (χ0n) is 23.5. The molecule has 2 heterocycles. The lowest BCUT2D eigenvalue weighted by atomic mass is 9.98. The highest BCUT2D eigenvalue weighted by atomic mass is 15.0. The number of pyridine rings is 1. The molecule has 0 radical (unpaired) electrons. The van der Waals surface area contributed by atoms with E-state index in [1.165, 1.54) is 38.1 Å². The molecule has 0 unspecified atom stereocenters. The predicted octanol–water partition coefficient (Wildman–Crippen LogP) is 10.7. The first-order valence-corrected chi connectivity index (χ1v) is 14.4. The second-order valence-electron chi connectivity index (χ2n) is 10.7. The summed E-state index contributed by atoms with van der Waals surface area (Å²) < 4.78 is 2.38. The van der Waals surface area contributed by atoms with E-state index in [1.807, 2.05) is 24.4 Å². The summed E-state index contributed by atoms with van der Waals surface area (Å²) in [6.45, 7) is 3.85. The van der Waals surface area contributed by atoms with Crippen molar-refractivity contribution in [3.8, 4) is 28.1 Å². The average Bonchev–Trinajstić information content (AvgIpc) is 3.41. The molecular formula is C40H27N3. The molecule has 43 heavy (non-hydrogen) atoms. The van der Waals surface area contributed by atoms with Gasteiger partial charge in [-0.3, -0.25) is 9.98 Å². The van der Waals surface area contributed by atoms with Crippen LogP contribution in [0.15, 0.2) is 157 Å². The summed E-state index contributed by atoms with van der Waals surface area (Å²) in [5.74, 6) is 0. The smallest absolute Gasteiger partial charge is 0.0729 e. The van der Waals surface area contributed by atoms with Gasteiger partial charge in [0.1, 0.15) is 0 Å². The normalized spacial score (nSPS) is 11.7. The lowest BCUT2D eigenvalue weighted by Gasteiger charge is -2.12. The van der Waals surface area contributed by atoms with Crippen LogP contribution in [0.5, 0.6) is 0 Å². The summed E-state index contributed by atoms with van der Waals surface area (Å²) in [4.78, 5) is 9.31. The molecule has 0 N–H and O–H groups in total. The Morgan fingerprint density at radius 3 is 2.19 bits per heavy atom. The molecule has 0 aliphatic heterocycles. The van der Waals surface area contributed by atoms with Crippen LogP contribution >= 0.6 is 0 Å². The van der Waals surface area contributed by atoms with Gasteiger partial charge in [-0.1, -0.05) is 91.5 Å². The minimum atomic E-state index is 0.930. The largest absolute Gasteiger partial charge is 0.309 e. The van der Waals surface area contributed by atoms with Gasteiger partial charge in [-0.2, -0.15) is 0 Å². The molecule has 202 valence electrons. The fourth-order valence-corrected chi connectivity index (χ4v) is 6.25. The number of benzene rings is 6. The third-order valence-corrected chi connectivity index (χ3v) is 8.23. The van der Waals surface area contributed by atoms with Crippen LogP contribution in [0.1, 0.15) is 0 Å². The number of aliphatic imine (C=N–C) groups is 1. The summed E-state index contributed by atoms with van der Waals surface area (Å²) in [5.41, 5.74) is 8.82. The number of aromatic nitrogens is 2. The first-order valence-electron chi connectivity index (χ1n) is 14.4. The Labute approximate surface area is 249 Å². The van der Waals surface area contributed by atoms with Crippen molar-refractivity contribution in [1.82, 2.24) is 9.55 Å². The van der Waals surface area contributed by atoms with Crippen molar-refractivity contribution in [2.75, 3.05) is 0 Å². The maximum atomic E-state index is 4.79. The standard InChI is InChI=1S/C40H27N3/c1-2-22-41-36-13-8-15-39-40(36)34-26-31(20-21-38(34)43(39)37-14-7-10-27-9-3-4-11-33(27)37)29-16-17-30-25-32(19-18-28(30)24-29)35-12-5-6-23-42-35/h2-26H,1H2. The quantitative estimate of drug-likeness (QED) is 0.196. The minimum absolute atomic E-state index is 0.930. The molecule has 8 aromatic rings. The Hall–Kier alpha value is -5.80. The van der Waals surface area contributed by atoms with E-state index in [4.69, 9.17) is 4.99 Å². The van der Waals surface area contributed by atoms with Gasteiger partial charge in [0.2, 0.25) is 0 Å². The number of hydrogen-bond donors (Lipinski definition) is 0. The molecule has 0 aliphatic carbocycles. The SMILES string of the molecule is C=CC=Nc1cccc2c1c1cc(-c3ccc4cc(-c5ccccn5)ccc4c3)ccc1n2-c1cccc2ccccc12. The van der Waals surface area contributed by atoms with Crippen molar-refractivity contribution in [3.05, 3.63) is 152 Å². The van der Waals surface area contributed by atoms with Gasteiger partial charge >= 0.3 is 0 Å². The lowest BCUT2D eigenvalue weighted by Crippen LogP contribution is -1.95. The fraction of sp³-hybridized carbons (Fsp3) is 0. The van der Waals surface area contributed by atoms with Gasteiger partial charge < -0.3 is 4.57 Å². The highest BCUT2D eigenvalue weighted by Gasteiger charge is 2.17. The molecule has 0 saturated carbocycles. The number of hydrogen-bond acceptors (Lipinski definition) is 2. The first kappa shape index (κ1) is 25.0. The van der Waals surface area contributed by atoms with Gasteiger partial charge in [-0.25, -0.2) is 0 Å². The Morgan fingerprint density at radius 2 is 1.33 bits per heavy atom. The Morgan fingerprint density at radius 1 is 0.581 bits per heavy atom. The Bertz CT molecular complexity index is 2360. The third-order valence-electron chi connectivity index (χ3n) is 8.23. The molecule has 8 rings (SSSR count). The second-order valence-corrected chi connectivity index (χ2v) is 10.7. The molecule has 0 spiro atoms. The first-order chi connectivity index (χ1) is 21.3. The third kappa shape index (κ3) is 4.22. The average molecular weight is 550 g/mol. The van der Waals surface area contributed by atoms with Crippen LogP contribution in [-0.4, -0.2) is 15.8 Å². The number of rotatable bonds is 5. The van der Waals surface area contributed by atoms with Crippen molar-refractivity contribution in [2.45, 2.75) is 0 Å². The van der Waals surface area contributed by atoms with Gasteiger partial charge in [0.05, 0.1) is 28.1 Å². The van der Waals surface area contributed by atoms with E-state index in [0.29, 0.717) is 0 Å². The molecule has 0 atom stereocenters. The summed E-state index contributed by atoms with van der Waals surface area (Å²) in [6.07, 6.45) is 5.33. The summed E-state index contributed by atoms with van der Waals surface area (Å²) in [6, 6.07) is 47.5. The van der Waals surface area contributed by atoms with Crippen LogP contribution in [0.4, 0.5) is 5.69 Å². The predicted molar refractivity (Wildman–Crippen MR) is 183 cm³/mol. The van der Waals surface area contributed by atoms with Gasteiger partial charge in [-0.05, 0) is 81.9 Å². The van der Waals surface area contributed by atoms with Crippen molar-refractivity contribution in [2.24, 2.45) is 4.99 Å². The maximum absolute atomic E-state index is 4.79. The highest BCUT2D eigenvalue weighted by Crippen LogP contribution is 2.41. The van der Waals surface area contributed by atoms with Crippen LogP contribution in [0.25, 0.3) is 71.4 Å². The van der Waals surface area contributed by atoms with Gasteiger partial charge in [0, 0.05) is 34.1 Å². The molecule has 6 aromatic carbocycles. The topological polar surface area (TPSA) is 30.2 Å². The number of allylic oxidation sites excluding steroid dienone is 1. The Kier molecular flexibility index (Phi) is 5.94. The maximum Gasteiger partial charge on any atom is 0.0729 e. The molecule has 2 aromatic heterocycles. The van der Waals surface area contributed by atoms with E-state index in [2.05, 4.69) is 131 Å². The van der Waals surface area contributed by atoms with Gasteiger partial charge in [0.15, 0.2) is 0 Å². The zero-order valence-corrected chi connectivity index (χ0v) is 23.5. The van der Waals surface area contributed by atoms with E-state index in [1.54, 1.807) is 12.3 Å². The molecule has 0 bridgehead atoms. The molecule has 0 saturated heterocycles. The molecule has 0 aliphatic rings. The van der Waals surface area contributed by atoms with Gasteiger partial charge in [-0.15, -0.1) is 0 Å². The Balaban J connectivity index is 1.34. The highest BCUT2D eigenvalue weighted by molar-refractivity contribution is 6.16. The summed E-state index contributed by atoms with van der Waals surface area (Å²) in [7, 11) is 0. The minimum Gasteiger partial charge on any atom is -0.309 e. The number of nitrogens with zero attached hydrogens (tertiary/aromatic N) is 3. The second kappa shape index (κ2) is 10.2. The van der Waals surface area contributed by atoms with Crippen molar-refractivity contribution >= 4 is 55.3 Å². The van der Waals surface area contributed by atoms with Crippen LogP contribution in [-0.2, 0) is 0 Å². The molecule has 0 fully saturated rings. The monoisotopic (exact) mass is 549 g/mol. The van der Waals surface area contributed by atoms with Crippen LogP contribution in [0, 0.1) is 0 Å². The number of fused-ring (bicyclic) bond motifs is 5. The van der Waals surface area contributed by atoms with E-state index < -0.39 is 0 Å². The molecule has 3 heteroatoms. The van der Waals surface area contributed by atoms with Gasteiger partial charge in [0.25, 0.3) is 0 Å². The summed E-state index contributed by atoms with van der Waals surface area (Å²) >= 11 is 0. The fourth-order valence-electron chi connectivity index (χ4n) is 6.25. The van der Waals surface area contributed by atoms with E-state index >= 15 is 0 Å². The van der Waals surface area contributed by atoms with Crippen LogP contribution < -0.4 is 0 Å². The van der Waals surface area contributed by atoms with E-state index in [-0.39, 0.29) is 0 Å². The van der Waals surface area contributed by atoms with E-state index in [9.17, 15) is 0 Å². The van der Waals surface area contributed by atoms with E-state index in [0.717, 1.165) is 39.1 Å². The van der Waals surface area contributed by atoms with Crippen molar-refractivity contribution < 1.29 is 0 Å². The van der Waals surface area contributed by atoms with Crippen molar-refractivity contribution in [3.63, 3.8) is 0 Å². The summed E-state index contributed by atoms with van der Waals surface area (Å²) in [5, 5.41) is 7.13. The molecule has 0 amide bonds. The molecular weight excluding hydrogens is 522 g/mol.